The average Bonchev–Trinajstić information content (AvgIpc) is 3.11. The molecule has 1 saturated carbocycles. The van der Waals surface area contributed by atoms with Crippen LogP contribution in [-0.2, 0) is 4.79 Å². The van der Waals surface area contributed by atoms with E-state index >= 15 is 0 Å². The Morgan fingerprint density at radius 2 is 1.75 bits per heavy atom. The van der Waals surface area contributed by atoms with E-state index in [4.69, 9.17) is 0 Å². The molecule has 0 spiro atoms. The third-order valence-corrected chi connectivity index (χ3v) is 5.40. The number of para-hydroxylation sites is 1. The van der Waals surface area contributed by atoms with E-state index in [1.807, 2.05) is 54.6 Å². The van der Waals surface area contributed by atoms with E-state index in [2.05, 4.69) is 16.4 Å². The molecule has 4 rings (SSSR count). The van der Waals surface area contributed by atoms with Gasteiger partial charge < -0.3 is 10.3 Å². The predicted molar refractivity (Wildman–Crippen MR) is 112 cm³/mol. The van der Waals surface area contributed by atoms with Gasteiger partial charge in [0.1, 0.15) is 11.6 Å². The van der Waals surface area contributed by atoms with Crippen LogP contribution in [0.5, 0.6) is 0 Å². The summed E-state index contributed by atoms with van der Waals surface area (Å²) in [6, 6.07) is 20.2. The minimum atomic E-state index is -0.279. The maximum absolute atomic E-state index is 12.7. The molecule has 4 nitrogen and oxygen atoms in total. The Balaban J connectivity index is 1.74. The fourth-order valence-electron chi connectivity index (χ4n) is 3.95. The number of carbonyl (C=O) groups excluding carboxylic acids is 1. The highest BCUT2D eigenvalue weighted by Crippen LogP contribution is 2.32. The van der Waals surface area contributed by atoms with Crippen molar-refractivity contribution in [3.63, 3.8) is 0 Å². The van der Waals surface area contributed by atoms with Gasteiger partial charge in [-0.1, -0.05) is 67.8 Å². The number of fused-ring (bicyclic) bond motifs is 1. The molecular weight excluding hydrogens is 346 g/mol. The number of aromatic nitrogens is 1. The van der Waals surface area contributed by atoms with E-state index in [1.54, 1.807) is 6.08 Å². The number of H-pyrrole nitrogens is 1. The Hall–Kier alpha value is -3.32. The van der Waals surface area contributed by atoms with Crippen LogP contribution < -0.4 is 5.32 Å². The van der Waals surface area contributed by atoms with Gasteiger partial charge in [-0.25, -0.2) is 0 Å². The summed E-state index contributed by atoms with van der Waals surface area (Å²) in [6.07, 6.45) is 7.20. The third kappa shape index (κ3) is 3.70. The summed E-state index contributed by atoms with van der Waals surface area (Å²) >= 11 is 0. The monoisotopic (exact) mass is 369 g/mol. The second kappa shape index (κ2) is 8.14. The van der Waals surface area contributed by atoms with Crippen molar-refractivity contribution in [1.82, 2.24) is 10.3 Å². The zero-order chi connectivity index (χ0) is 19.3. The van der Waals surface area contributed by atoms with Gasteiger partial charge in [-0.15, -0.1) is 0 Å². The first kappa shape index (κ1) is 18.1. The van der Waals surface area contributed by atoms with E-state index in [0.717, 1.165) is 53.4 Å². The van der Waals surface area contributed by atoms with Gasteiger partial charge in [-0.2, -0.15) is 5.26 Å². The average molecular weight is 369 g/mol. The second-order valence-electron chi connectivity index (χ2n) is 7.30. The summed E-state index contributed by atoms with van der Waals surface area (Å²) < 4.78 is 0. The summed E-state index contributed by atoms with van der Waals surface area (Å²) in [6.45, 7) is 0. The number of hydrogen-bond acceptors (Lipinski definition) is 2. The number of hydrogen-bond donors (Lipinski definition) is 2. The molecule has 2 aromatic carbocycles. The lowest BCUT2D eigenvalue weighted by molar-refractivity contribution is -0.117. The molecule has 140 valence electrons. The highest BCUT2D eigenvalue weighted by Gasteiger charge is 2.19. The zero-order valence-electron chi connectivity index (χ0n) is 15.7. The van der Waals surface area contributed by atoms with E-state index in [1.165, 1.54) is 6.42 Å². The van der Waals surface area contributed by atoms with Crippen LogP contribution >= 0.6 is 0 Å². The van der Waals surface area contributed by atoms with Gasteiger partial charge in [-0.05, 0) is 30.5 Å². The SMILES string of the molecule is N#C/C(=C/c1c(-c2ccccc2)[nH]c2ccccc12)C(=O)NC1CCCCC1. The lowest BCUT2D eigenvalue weighted by Gasteiger charge is -2.22. The van der Waals surface area contributed by atoms with E-state index in [-0.39, 0.29) is 17.5 Å². The van der Waals surface area contributed by atoms with Gasteiger partial charge in [-0.3, -0.25) is 4.79 Å². The van der Waals surface area contributed by atoms with Gasteiger partial charge in [0.25, 0.3) is 5.91 Å². The molecule has 0 bridgehead atoms. The van der Waals surface area contributed by atoms with Gasteiger partial charge in [0.05, 0.1) is 5.69 Å². The molecule has 0 atom stereocenters. The Morgan fingerprint density at radius 3 is 2.50 bits per heavy atom. The quantitative estimate of drug-likeness (QED) is 0.491. The topological polar surface area (TPSA) is 68.7 Å². The van der Waals surface area contributed by atoms with E-state index in [9.17, 15) is 10.1 Å². The van der Waals surface area contributed by atoms with Crippen LogP contribution in [0.4, 0.5) is 0 Å². The van der Waals surface area contributed by atoms with Crippen LogP contribution in [-0.4, -0.2) is 16.9 Å². The molecule has 0 saturated heterocycles. The molecule has 0 unspecified atom stereocenters. The first-order valence-electron chi connectivity index (χ1n) is 9.85. The van der Waals surface area contributed by atoms with Crippen molar-refractivity contribution in [2.24, 2.45) is 0 Å². The van der Waals surface area contributed by atoms with Gasteiger partial charge in [0.2, 0.25) is 0 Å². The number of aromatic amines is 1. The summed E-state index contributed by atoms with van der Waals surface area (Å²) in [4.78, 5) is 16.2. The Labute approximate surface area is 164 Å². The van der Waals surface area contributed by atoms with Gasteiger partial charge in [0.15, 0.2) is 0 Å². The van der Waals surface area contributed by atoms with Crippen molar-refractivity contribution in [2.75, 3.05) is 0 Å². The zero-order valence-corrected chi connectivity index (χ0v) is 15.7. The lowest BCUT2D eigenvalue weighted by atomic mass is 9.95. The smallest absolute Gasteiger partial charge is 0.262 e. The molecule has 0 aliphatic heterocycles. The van der Waals surface area contributed by atoms with Crippen LogP contribution in [0.2, 0.25) is 0 Å². The largest absolute Gasteiger partial charge is 0.354 e. The Bertz CT molecular complexity index is 1050. The number of nitrogens with zero attached hydrogens (tertiary/aromatic N) is 1. The summed E-state index contributed by atoms with van der Waals surface area (Å²) in [5.74, 6) is -0.279. The van der Waals surface area contributed by atoms with Gasteiger partial charge >= 0.3 is 0 Å². The number of nitriles is 1. The normalized spacial score (nSPS) is 15.3. The fourth-order valence-corrected chi connectivity index (χ4v) is 3.95. The Morgan fingerprint density at radius 1 is 1.04 bits per heavy atom. The maximum Gasteiger partial charge on any atom is 0.262 e. The highest BCUT2D eigenvalue weighted by molar-refractivity contribution is 6.06. The fraction of sp³-hybridized carbons (Fsp3) is 0.250. The molecule has 1 fully saturated rings. The molecule has 1 aromatic heterocycles. The molecule has 1 aliphatic rings. The van der Waals surface area contributed by atoms with E-state index in [0.29, 0.717) is 0 Å². The lowest BCUT2D eigenvalue weighted by Crippen LogP contribution is -2.36. The van der Waals surface area contributed by atoms with Crippen molar-refractivity contribution < 1.29 is 4.79 Å². The summed E-state index contributed by atoms with van der Waals surface area (Å²) in [7, 11) is 0. The number of amides is 1. The summed E-state index contributed by atoms with van der Waals surface area (Å²) in [5.41, 5.74) is 3.94. The number of rotatable bonds is 4. The molecule has 3 aromatic rings. The molecule has 28 heavy (non-hydrogen) atoms. The van der Waals surface area contributed by atoms with Crippen molar-refractivity contribution in [3.8, 4) is 17.3 Å². The first-order chi connectivity index (χ1) is 13.8. The molecule has 2 N–H and O–H groups in total. The van der Waals surface area contributed by atoms with Crippen LogP contribution in [0.25, 0.3) is 28.2 Å². The molecule has 1 heterocycles. The van der Waals surface area contributed by atoms with Gasteiger partial charge in [0, 0.05) is 22.5 Å². The van der Waals surface area contributed by atoms with Crippen LogP contribution in [0, 0.1) is 11.3 Å². The van der Waals surface area contributed by atoms with Crippen LogP contribution in [0.3, 0.4) is 0 Å². The third-order valence-electron chi connectivity index (χ3n) is 5.40. The van der Waals surface area contributed by atoms with Crippen molar-refractivity contribution >= 4 is 22.9 Å². The van der Waals surface area contributed by atoms with Crippen molar-refractivity contribution in [3.05, 3.63) is 65.7 Å². The molecule has 0 radical (unpaired) electrons. The Kier molecular flexibility index (Phi) is 5.25. The minimum Gasteiger partial charge on any atom is -0.354 e. The molecular formula is C24H23N3O. The maximum atomic E-state index is 12.7. The number of nitrogens with one attached hydrogen (secondary N) is 2. The highest BCUT2D eigenvalue weighted by atomic mass is 16.1. The molecule has 1 amide bonds. The molecule has 4 heteroatoms. The van der Waals surface area contributed by atoms with Crippen LogP contribution in [0.15, 0.2) is 60.2 Å². The van der Waals surface area contributed by atoms with E-state index < -0.39 is 0 Å². The number of benzene rings is 2. The second-order valence-corrected chi connectivity index (χ2v) is 7.30. The standard InChI is InChI=1S/C24H23N3O/c25-16-18(24(28)26-19-11-5-2-6-12-19)15-21-20-13-7-8-14-22(20)27-23(21)17-9-3-1-4-10-17/h1,3-4,7-10,13-15,19,27H,2,5-6,11-12H2,(H,26,28)/b18-15-. The molecule has 1 aliphatic carbocycles. The first-order valence-corrected chi connectivity index (χ1v) is 9.85. The van der Waals surface area contributed by atoms with Crippen molar-refractivity contribution in [1.29, 1.82) is 5.26 Å². The summed E-state index contributed by atoms with van der Waals surface area (Å²) in [5, 5.41) is 13.7. The van der Waals surface area contributed by atoms with Crippen LogP contribution in [0.1, 0.15) is 37.7 Å². The minimum absolute atomic E-state index is 0.146. The predicted octanol–water partition coefficient (Wildman–Crippen LogP) is 5.19. The number of carbonyl (C=O) groups is 1. The van der Waals surface area contributed by atoms with Crippen molar-refractivity contribution in [2.45, 2.75) is 38.1 Å².